The van der Waals surface area contributed by atoms with Crippen LogP contribution in [-0.2, 0) is 4.79 Å². The lowest BCUT2D eigenvalue weighted by molar-refractivity contribution is -0.115. The van der Waals surface area contributed by atoms with E-state index in [1.54, 1.807) is 0 Å². The Labute approximate surface area is 156 Å². The summed E-state index contributed by atoms with van der Waals surface area (Å²) in [6.07, 6.45) is 1.90. The molecule has 0 saturated carbocycles. The Morgan fingerprint density at radius 1 is 0.741 bits per heavy atom. The van der Waals surface area contributed by atoms with Crippen LogP contribution in [0.15, 0.2) is 95.6 Å². The molecular formula is C24H16N2O. The molecule has 3 nitrogen and oxygen atoms in total. The molecule has 0 fully saturated rings. The molecule has 1 aliphatic heterocycles. The van der Waals surface area contributed by atoms with Crippen LogP contribution in [0.25, 0.3) is 27.6 Å². The van der Waals surface area contributed by atoms with Crippen LogP contribution in [0.5, 0.6) is 0 Å². The Bertz CT molecular complexity index is 1200. The lowest BCUT2D eigenvalue weighted by atomic mass is 9.96. The predicted molar refractivity (Wildman–Crippen MR) is 111 cm³/mol. The summed E-state index contributed by atoms with van der Waals surface area (Å²) in [5, 5.41) is 7.40. The van der Waals surface area contributed by atoms with Gasteiger partial charge in [0.2, 0.25) is 0 Å². The molecule has 0 aromatic heterocycles. The SMILES string of the molecule is O=C1NC(c2ccccc2)=NC1=Cc1c2ccccc2cc2ccccc12. The van der Waals surface area contributed by atoms with Gasteiger partial charge in [0.15, 0.2) is 0 Å². The number of amides is 1. The number of nitrogens with zero attached hydrogens (tertiary/aromatic N) is 1. The standard InChI is InChI=1S/C24H16N2O/c27-24-22(25-23(26-24)16-8-2-1-3-9-16)15-21-19-12-6-4-10-17(19)14-18-11-5-7-13-20(18)21/h1-15H,(H,25,26,27). The maximum atomic E-state index is 12.5. The number of aliphatic imine (C=N–C) groups is 1. The van der Waals surface area contributed by atoms with E-state index in [2.05, 4.69) is 40.6 Å². The van der Waals surface area contributed by atoms with Crippen LogP contribution >= 0.6 is 0 Å². The summed E-state index contributed by atoms with van der Waals surface area (Å²) in [6, 6.07) is 28.3. The Morgan fingerprint density at radius 3 is 2.00 bits per heavy atom. The van der Waals surface area contributed by atoms with Crippen LogP contribution in [0.2, 0.25) is 0 Å². The van der Waals surface area contributed by atoms with E-state index in [9.17, 15) is 4.79 Å². The van der Waals surface area contributed by atoms with E-state index in [4.69, 9.17) is 0 Å². The molecule has 0 radical (unpaired) electrons. The number of rotatable bonds is 2. The van der Waals surface area contributed by atoms with E-state index >= 15 is 0 Å². The van der Waals surface area contributed by atoms with Crippen molar-refractivity contribution in [3.05, 3.63) is 102 Å². The number of carbonyl (C=O) groups excluding carboxylic acids is 1. The number of hydrogen-bond donors (Lipinski definition) is 1. The van der Waals surface area contributed by atoms with Crippen LogP contribution < -0.4 is 5.32 Å². The molecule has 0 spiro atoms. The molecule has 0 bridgehead atoms. The monoisotopic (exact) mass is 348 g/mol. The number of carbonyl (C=O) groups is 1. The maximum Gasteiger partial charge on any atom is 0.275 e. The molecule has 1 N–H and O–H groups in total. The molecule has 0 aliphatic carbocycles. The first-order chi connectivity index (χ1) is 13.3. The fourth-order valence-electron chi connectivity index (χ4n) is 3.54. The van der Waals surface area contributed by atoms with Crippen molar-refractivity contribution in [1.82, 2.24) is 5.32 Å². The van der Waals surface area contributed by atoms with E-state index < -0.39 is 0 Å². The molecule has 3 heteroatoms. The van der Waals surface area contributed by atoms with Crippen LogP contribution in [0.4, 0.5) is 0 Å². The first-order valence-electron chi connectivity index (χ1n) is 8.87. The smallest absolute Gasteiger partial charge is 0.275 e. The van der Waals surface area contributed by atoms with Crippen LogP contribution in [0.3, 0.4) is 0 Å². The largest absolute Gasteiger partial charge is 0.305 e. The van der Waals surface area contributed by atoms with Crippen LogP contribution in [-0.4, -0.2) is 11.7 Å². The fraction of sp³-hybridized carbons (Fsp3) is 0. The molecule has 1 amide bonds. The maximum absolute atomic E-state index is 12.5. The van der Waals surface area contributed by atoms with Crippen molar-refractivity contribution in [2.75, 3.05) is 0 Å². The van der Waals surface area contributed by atoms with E-state index in [1.165, 1.54) is 0 Å². The third kappa shape index (κ3) is 2.70. The number of fused-ring (bicyclic) bond motifs is 2. The minimum atomic E-state index is -0.175. The van der Waals surface area contributed by atoms with Crippen molar-refractivity contribution in [3.8, 4) is 0 Å². The van der Waals surface area contributed by atoms with Crippen LogP contribution in [0.1, 0.15) is 11.1 Å². The summed E-state index contributed by atoms with van der Waals surface area (Å²) in [5.74, 6) is 0.419. The first kappa shape index (κ1) is 15.5. The van der Waals surface area contributed by atoms with Gasteiger partial charge in [0.25, 0.3) is 5.91 Å². The van der Waals surface area contributed by atoms with Crippen LogP contribution in [0, 0.1) is 0 Å². The number of hydrogen-bond acceptors (Lipinski definition) is 2. The van der Waals surface area contributed by atoms with E-state index in [0.717, 1.165) is 32.7 Å². The third-order valence-electron chi connectivity index (χ3n) is 4.84. The van der Waals surface area contributed by atoms with Gasteiger partial charge in [0.1, 0.15) is 11.5 Å². The number of benzene rings is 4. The molecule has 0 saturated heterocycles. The highest BCUT2D eigenvalue weighted by Crippen LogP contribution is 2.31. The minimum Gasteiger partial charge on any atom is -0.305 e. The second-order valence-corrected chi connectivity index (χ2v) is 6.54. The summed E-state index contributed by atoms with van der Waals surface area (Å²) in [6.45, 7) is 0. The summed E-state index contributed by atoms with van der Waals surface area (Å²) < 4.78 is 0. The van der Waals surface area contributed by atoms with Gasteiger partial charge in [-0.15, -0.1) is 0 Å². The lowest BCUT2D eigenvalue weighted by Gasteiger charge is -2.08. The van der Waals surface area contributed by atoms with Gasteiger partial charge in [-0.25, -0.2) is 4.99 Å². The van der Waals surface area contributed by atoms with Gasteiger partial charge in [0.05, 0.1) is 0 Å². The van der Waals surface area contributed by atoms with Gasteiger partial charge in [-0.2, -0.15) is 0 Å². The fourth-order valence-corrected chi connectivity index (χ4v) is 3.54. The van der Waals surface area contributed by atoms with E-state index in [0.29, 0.717) is 11.5 Å². The second-order valence-electron chi connectivity index (χ2n) is 6.54. The van der Waals surface area contributed by atoms with Gasteiger partial charge >= 0.3 is 0 Å². The van der Waals surface area contributed by atoms with Gasteiger partial charge in [-0.05, 0) is 39.3 Å². The molecule has 27 heavy (non-hydrogen) atoms. The lowest BCUT2D eigenvalue weighted by Crippen LogP contribution is -2.24. The Balaban J connectivity index is 1.73. The minimum absolute atomic E-state index is 0.175. The third-order valence-corrected chi connectivity index (χ3v) is 4.84. The molecule has 0 unspecified atom stereocenters. The summed E-state index contributed by atoms with van der Waals surface area (Å²) in [4.78, 5) is 17.1. The molecule has 1 aliphatic rings. The zero-order valence-electron chi connectivity index (χ0n) is 14.5. The second kappa shape index (κ2) is 6.22. The molecular weight excluding hydrogens is 332 g/mol. The molecule has 0 atom stereocenters. The quantitative estimate of drug-likeness (QED) is 0.406. The van der Waals surface area contributed by atoms with Gasteiger partial charge in [0, 0.05) is 5.56 Å². The van der Waals surface area contributed by atoms with Crippen molar-refractivity contribution in [3.63, 3.8) is 0 Å². The highest BCUT2D eigenvalue weighted by molar-refractivity contribution is 6.21. The first-order valence-corrected chi connectivity index (χ1v) is 8.87. The molecule has 4 aromatic rings. The van der Waals surface area contributed by atoms with Crippen molar-refractivity contribution in [1.29, 1.82) is 0 Å². The van der Waals surface area contributed by atoms with E-state index in [1.807, 2.05) is 60.7 Å². The van der Waals surface area contributed by atoms with Crippen molar-refractivity contribution in [2.45, 2.75) is 0 Å². The zero-order valence-corrected chi connectivity index (χ0v) is 14.5. The Morgan fingerprint density at radius 2 is 1.33 bits per heavy atom. The Kier molecular flexibility index (Phi) is 3.58. The number of nitrogens with one attached hydrogen (secondary N) is 1. The topological polar surface area (TPSA) is 41.5 Å². The summed E-state index contributed by atoms with van der Waals surface area (Å²) >= 11 is 0. The van der Waals surface area contributed by atoms with Gasteiger partial charge in [-0.3, -0.25) is 4.79 Å². The average Bonchev–Trinajstić information content (AvgIpc) is 3.09. The van der Waals surface area contributed by atoms with Crippen molar-refractivity contribution < 1.29 is 4.79 Å². The highest BCUT2D eigenvalue weighted by Gasteiger charge is 2.21. The number of amidine groups is 1. The molecule has 128 valence electrons. The summed E-state index contributed by atoms with van der Waals surface area (Å²) in [5.41, 5.74) is 2.35. The van der Waals surface area contributed by atoms with Gasteiger partial charge in [-0.1, -0.05) is 78.9 Å². The van der Waals surface area contributed by atoms with E-state index in [-0.39, 0.29) is 5.91 Å². The molecule has 1 heterocycles. The zero-order chi connectivity index (χ0) is 18.2. The Hall–Kier alpha value is -3.72. The van der Waals surface area contributed by atoms with Crippen molar-refractivity contribution in [2.24, 2.45) is 4.99 Å². The van der Waals surface area contributed by atoms with Crippen molar-refractivity contribution >= 4 is 39.4 Å². The van der Waals surface area contributed by atoms with Gasteiger partial charge < -0.3 is 5.32 Å². The average molecular weight is 348 g/mol. The highest BCUT2D eigenvalue weighted by atomic mass is 16.2. The predicted octanol–water partition coefficient (Wildman–Crippen LogP) is 4.91. The summed E-state index contributed by atoms with van der Waals surface area (Å²) in [7, 11) is 0. The normalized spacial score (nSPS) is 15.3. The molecule has 4 aromatic carbocycles. The molecule has 5 rings (SSSR count).